The van der Waals surface area contributed by atoms with Gasteiger partial charge in [0.05, 0.1) is 6.04 Å². The van der Waals surface area contributed by atoms with Crippen molar-refractivity contribution in [2.75, 3.05) is 18.4 Å². The number of aryl methyl sites for hydroxylation is 1. The van der Waals surface area contributed by atoms with Crippen LogP contribution in [0.2, 0.25) is 0 Å². The number of furan rings is 1. The molecular formula is C21H30N4O2. The van der Waals surface area contributed by atoms with Gasteiger partial charge in [-0.05, 0) is 42.7 Å². The molecule has 0 radical (unpaired) electrons. The van der Waals surface area contributed by atoms with Crippen LogP contribution < -0.4 is 21.5 Å². The summed E-state index contributed by atoms with van der Waals surface area (Å²) in [7, 11) is 0. The van der Waals surface area contributed by atoms with Crippen LogP contribution in [0.15, 0.2) is 40.8 Å². The summed E-state index contributed by atoms with van der Waals surface area (Å²) in [4.78, 5) is 11.9. The molecule has 0 spiro atoms. The maximum absolute atomic E-state index is 11.9. The minimum absolute atomic E-state index is 0.0646. The molecule has 3 rings (SSSR count). The largest absolute Gasteiger partial charge is 0.465 e. The summed E-state index contributed by atoms with van der Waals surface area (Å²) in [5.74, 6) is 2.73. The van der Waals surface area contributed by atoms with Crippen molar-refractivity contribution in [3.63, 3.8) is 0 Å². The van der Waals surface area contributed by atoms with Crippen molar-refractivity contribution in [3.05, 3.63) is 53.5 Å². The number of hydrazine groups is 1. The second-order valence-electron chi connectivity index (χ2n) is 7.69. The SMILES string of the molecule is Cc1ccc(C2NNCC2CNCc2cccc(NC(=O)CC(C)C)c2)o1. The fraction of sp³-hybridized carbons (Fsp3) is 0.476. The van der Waals surface area contributed by atoms with E-state index in [1.54, 1.807) is 0 Å². The minimum Gasteiger partial charge on any atom is -0.465 e. The van der Waals surface area contributed by atoms with Gasteiger partial charge in [-0.2, -0.15) is 0 Å². The smallest absolute Gasteiger partial charge is 0.224 e. The Kier molecular flexibility index (Phi) is 6.66. The third-order valence-corrected chi connectivity index (χ3v) is 4.70. The molecule has 4 N–H and O–H groups in total. The van der Waals surface area contributed by atoms with E-state index in [1.807, 2.05) is 51.1 Å². The Balaban J connectivity index is 1.50. The third-order valence-electron chi connectivity index (χ3n) is 4.70. The van der Waals surface area contributed by atoms with Crippen molar-refractivity contribution in [1.29, 1.82) is 0 Å². The molecule has 146 valence electrons. The number of benzene rings is 1. The second kappa shape index (κ2) is 9.17. The lowest BCUT2D eigenvalue weighted by Crippen LogP contribution is -2.28. The summed E-state index contributed by atoms with van der Waals surface area (Å²) < 4.78 is 5.77. The van der Waals surface area contributed by atoms with Gasteiger partial charge < -0.3 is 15.1 Å². The van der Waals surface area contributed by atoms with Crippen molar-refractivity contribution >= 4 is 11.6 Å². The molecule has 1 aliphatic heterocycles. The third kappa shape index (κ3) is 5.66. The molecule has 1 aromatic carbocycles. The Morgan fingerprint density at radius 3 is 2.89 bits per heavy atom. The van der Waals surface area contributed by atoms with E-state index in [9.17, 15) is 4.79 Å². The number of hydrogen-bond acceptors (Lipinski definition) is 5. The van der Waals surface area contributed by atoms with E-state index in [2.05, 4.69) is 27.6 Å². The van der Waals surface area contributed by atoms with Crippen molar-refractivity contribution in [2.45, 2.75) is 39.8 Å². The Labute approximate surface area is 161 Å². The summed E-state index contributed by atoms with van der Waals surface area (Å²) in [5.41, 5.74) is 8.54. The molecule has 0 saturated carbocycles. The van der Waals surface area contributed by atoms with E-state index in [0.29, 0.717) is 18.3 Å². The molecule has 2 heterocycles. The van der Waals surface area contributed by atoms with E-state index in [1.165, 1.54) is 0 Å². The lowest BCUT2D eigenvalue weighted by molar-refractivity contribution is -0.116. The van der Waals surface area contributed by atoms with Gasteiger partial charge >= 0.3 is 0 Å². The quantitative estimate of drug-likeness (QED) is 0.574. The van der Waals surface area contributed by atoms with Gasteiger partial charge in [-0.1, -0.05) is 26.0 Å². The van der Waals surface area contributed by atoms with Crippen molar-refractivity contribution in [1.82, 2.24) is 16.2 Å². The molecule has 0 aliphatic carbocycles. The van der Waals surface area contributed by atoms with Crippen LogP contribution in [0.5, 0.6) is 0 Å². The van der Waals surface area contributed by atoms with Gasteiger partial charge in [0.2, 0.25) is 5.91 Å². The second-order valence-corrected chi connectivity index (χ2v) is 7.69. The fourth-order valence-electron chi connectivity index (χ4n) is 3.39. The number of carbonyl (C=O) groups excluding carboxylic acids is 1. The van der Waals surface area contributed by atoms with Gasteiger partial charge in [0, 0.05) is 37.7 Å². The average molecular weight is 370 g/mol. The maximum Gasteiger partial charge on any atom is 0.224 e. The van der Waals surface area contributed by atoms with Gasteiger partial charge in [0.1, 0.15) is 11.5 Å². The Hall–Kier alpha value is -2.15. The van der Waals surface area contributed by atoms with E-state index in [4.69, 9.17) is 4.42 Å². The predicted molar refractivity (Wildman–Crippen MR) is 107 cm³/mol. The minimum atomic E-state index is 0.0646. The van der Waals surface area contributed by atoms with E-state index < -0.39 is 0 Å². The number of carbonyl (C=O) groups is 1. The number of nitrogens with one attached hydrogen (secondary N) is 4. The molecule has 0 bridgehead atoms. The Morgan fingerprint density at radius 1 is 1.30 bits per heavy atom. The number of anilines is 1. The standard InChI is InChI=1S/C21H30N4O2/c1-14(2)9-20(26)24-18-6-4-5-16(10-18)11-22-12-17-13-23-25-21(17)19-8-7-15(3)27-19/h4-8,10,14,17,21-23,25H,9,11-13H2,1-3H3,(H,24,26). The predicted octanol–water partition coefficient (Wildman–Crippen LogP) is 3.13. The zero-order valence-electron chi connectivity index (χ0n) is 16.3. The van der Waals surface area contributed by atoms with Gasteiger partial charge in [-0.3, -0.25) is 10.2 Å². The van der Waals surface area contributed by atoms with Crippen LogP contribution >= 0.6 is 0 Å². The first-order chi connectivity index (χ1) is 13.0. The van der Waals surface area contributed by atoms with Crippen LogP contribution in [0.1, 0.15) is 43.4 Å². The van der Waals surface area contributed by atoms with Crippen LogP contribution in [-0.4, -0.2) is 19.0 Å². The highest BCUT2D eigenvalue weighted by atomic mass is 16.3. The highest BCUT2D eigenvalue weighted by Crippen LogP contribution is 2.26. The molecular weight excluding hydrogens is 340 g/mol. The van der Waals surface area contributed by atoms with E-state index in [0.717, 1.165) is 42.4 Å². The summed E-state index contributed by atoms with van der Waals surface area (Å²) in [5, 5.41) is 6.51. The number of amides is 1. The number of rotatable bonds is 8. The molecule has 1 aliphatic rings. The Bertz CT molecular complexity index is 756. The average Bonchev–Trinajstić information content (AvgIpc) is 3.23. The highest BCUT2D eigenvalue weighted by Gasteiger charge is 2.30. The van der Waals surface area contributed by atoms with E-state index >= 15 is 0 Å². The van der Waals surface area contributed by atoms with Gasteiger partial charge in [-0.25, -0.2) is 5.43 Å². The summed E-state index contributed by atoms with van der Waals surface area (Å²) in [6.45, 7) is 8.57. The van der Waals surface area contributed by atoms with Crippen LogP contribution in [0, 0.1) is 18.8 Å². The summed E-state index contributed by atoms with van der Waals surface area (Å²) >= 11 is 0. The van der Waals surface area contributed by atoms with Crippen molar-refractivity contribution in [3.8, 4) is 0 Å². The monoisotopic (exact) mass is 370 g/mol. The van der Waals surface area contributed by atoms with E-state index in [-0.39, 0.29) is 11.9 Å². The molecule has 2 unspecified atom stereocenters. The molecule has 6 heteroatoms. The topological polar surface area (TPSA) is 78.3 Å². The zero-order valence-corrected chi connectivity index (χ0v) is 16.3. The molecule has 1 saturated heterocycles. The fourth-order valence-corrected chi connectivity index (χ4v) is 3.39. The zero-order chi connectivity index (χ0) is 19.2. The van der Waals surface area contributed by atoms with Crippen LogP contribution in [-0.2, 0) is 11.3 Å². The Morgan fingerprint density at radius 2 is 2.15 bits per heavy atom. The molecule has 27 heavy (non-hydrogen) atoms. The lowest BCUT2D eigenvalue weighted by atomic mass is 10.00. The van der Waals surface area contributed by atoms with Crippen LogP contribution in [0.4, 0.5) is 5.69 Å². The molecule has 2 aromatic rings. The maximum atomic E-state index is 11.9. The lowest BCUT2D eigenvalue weighted by Gasteiger charge is -2.17. The number of hydrogen-bond donors (Lipinski definition) is 4. The first-order valence-corrected chi connectivity index (χ1v) is 9.65. The van der Waals surface area contributed by atoms with Gasteiger partial charge in [0.25, 0.3) is 0 Å². The summed E-state index contributed by atoms with van der Waals surface area (Å²) in [6.07, 6.45) is 0.539. The summed E-state index contributed by atoms with van der Waals surface area (Å²) in [6, 6.07) is 12.2. The van der Waals surface area contributed by atoms with Gasteiger partial charge in [0.15, 0.2) is 0 Å². The molecule has 1 fully saturated rings. The molecule has 1 aromatic heterocycles. The highest BCUT2D eigenvalue weighted by molar-refractivity contribution is 5.90. The normalized spacial score (nSPS) is 19.6. The van der Waals surface area contributed by atoms with Crippen molar-refractivity contribution < 1.29 is 9.21 Å². The molecule has 1 amide bonds. The van der Waals surface area contributed by atoms with Crippen LogP contribution in [0.3, 0.4) is 0 Å². The molecule has 2 atom stereocenters. The van der Waals surface area contributed by atoms with Crippen LogP contribution in [0.25, 0.3) is 0 Å². The van der Waals surface area contributed by atoms with Gasteiger partial charge in [-0.15, -0.1) is 0 Å². The first-order valence-electron chi connectivity index (χ1n) is 9.65. The molecule has 6 nitrogen and oxygen atoms in total. The first kappa shape index (κ1) is 19.6. The van der Waals surface area contributed by atoms with Crippen molar-refractivity contribution in [2.24, 2.45) is 11.8 Å².